The number of carbonyl (C=O) groups is 1. The van der Waals surface area contributed by atoms with Crippen LogP contribution in [0.25, 0.3) is 0 Å². The summed E-state index contributed by atoms with van der Waals surface area (Å²) in [5.74, 6) is -0.743. The van der Waals surface area contributed by atoms with E-state index >= 15 is 0 Å². The molecule has 0 radical (unpaired) electrons. The number of nitrogens with one attached hydrogen (secondary N) is 1. The van der Waals surface area contributed by atoms with Gasteiger partial charge in [-0.1, -0.05) is 12.1 Å². The average Bonchev–Trinajstić information content (AvgIpc) is 3.31. The van der Waals surface area contributed by atoms with Gasteiger partial charge in [-0.3, -0.25) is 4.79 Å². The number of ether oxygens (including phenoxy) is 1. The van der Waals surface area contributed by atoms with Gasteiger partial charge in [-0.2, -0.15) is 0 Å². The Morgan fingerprint density at radius 1 is 1.30 bits per heavy atom. The van der Waals surface area contributed by atoms with Crippen LogP contribution in [0.3, 0.4) is 0 Å². The van der Waals surface area contributed by atoms with Gasteiger partial charge in [-0.05, 0) is 49.3 Å². The van der Waals surface area contributed by atoms with Crippen molar-refractivity contribution in [2.24, 2.45) is 5.92 Å². The summed E-state index contributed by atoms with van der Waals surface area (Å²) in [7, 11) is -2.13. The first-order chi connectivity index (χ1) is 10.9. The van der Waals surface area contributed by atoms with Crippen LogP contribution in [-0.2, 0) is 19.6 Å². The maximum atomic E-state index is 12.4. The quantitative estimate of drug-likeness (QED) is 0.789. The molecule has 23 heavy (non-hydrogen) atoms. The van der Waals surface area contributed by atoms with Gasteiger partial charge in [0.1, 0.15) is 0 Å². The zero-order chi connectivity index (χ0) is 16.7. The fourth-order valence-electron chi connectivity index (χ4n) is 3.04. The largest absolute Gasteiger partial charge is 0.481 e. The first kappa shape index (κ1) is 16.4. The van der Waals surface area contributed by atoms with Gasteiger partial charge >= 0.3 is 5.97 Å². The van der Waals surface area contributed by atoms with E-state index in [9.17, 15) is 13.2 Å². The number of hydrogen-bond donors (Lipinski definition) is 2. The predicted octanol–water partition coefficient (Wildman–Crippen LogP) is 1.72. The molecule has 0 aliphatic heterocycles. The highest BCUT2D eigenvalue weighted by Crippen LogP contribution is 2.41. The number of sulfonamides is 1. The van der Waals surface area contributed by atoms with Crippen LogP contribution >= 0.6 is 0 Å². The molecule has 0 bridgehead atoms. The molecular formula is C16H21NO5S. The molecule has 0 spiro atoms. The van der Waals surface area contributed by atoms with Crippen molar-refractivity contribution in [3.05, 3.63) is 29.8 Å². The molecule has 0 amide bonds. The Hall–Kier alpha value is -1.44. The minimum atomic E-state index is -3.62. The third-order valence-electron chi connectivity index (χ3n) is 4.84. The predicted molar refractivity (Wildman–Crippen MR) is 83.7 cm³/mol. The summed E-state index contributed by atoms with van der Waals surface area (Å²) in [6, 6.07) is 6.97. The molecule has 0 atom stereocenters. The van der Waals surface area contributed by atoms with E-state index in [1.165, 1.54) is 25.5 Å². The van der Waals surface area contributed by atoms with Crippen LogP contribution in [0.4, 0.5) is 0 Å². The highest BCUT2D eigenvalue weighted by Gasteiger charge is 2.48. The standard InChI is InChI=1S/C16H21NO5S/c1-22-16(8-13(9-16)15(18)19)10-17-23(20,21)14-6-4-12(5-7-14)11-2-3-11/h4-7,11,13,17H,2-3,8-10H2,1H3,(H,18,19). The zero-order valence-corrected chi connectivity index (χ0v) is 13.8. The molecule has 0 aromatic heterocycles. The minimum Gasteiger partial charge on any atom is -0.481 e. The molecular weight excluding hydrogens is 318 g/mol. The molecule has 2 N–H and O–H groups in total. The average molecular weight is 339 g/mol. The fraction of sp³-hybridized carbons (Fsp3) is 0.562. The summed E-state index contributed by atoms with van der Waals surface area (Å²) in [5.41, 5.74) is 0.463. The molecule has 3 rings (SSSR count). The Morgan fingerprint density at radius 2 is 1.91 bits per heavy atom. The SMILES string of the molecule is COC1(CNS(=O)(=O)c2ccc(C3CC3)cc2)CC(C(=O)O)C1. The van der Waals surface area contributed by atoms with E-state index in [1.54, 1.807) is 12.1 Å². The van der Waals surface area contributed by atoms with E-state index in [0.717, 1.165) is 0 Å². The molecule has 0 heterocycles. The van der Waals surface area contributed by atoms with Crippen molar-refractivity contribution in [1.29, 1.82) is 0 Å². The molecule has 0 unspecified atom stereocenters. The molecule has 6 nitrogen and oxygen atoms in total. The number of benzene rings is 1. The van der Waals surface area contributed by atoms with Crippen molar-refractivity contribution in [3.63, 3.8) is 0 Å². The Kier molecular flexibility index (Phi) is 4.20. The Balaban J connectivity index is 1.63. The molecule has 1 aromatic rings. The van der Waals surface area contributed by atoms with Gasteiger partial charge in [-0.15, -0.1) is 0 Å². The van der Waals surface area contributed by atoms with Crippen molar-refractivity contribution >= 4 is 16.0 Å². The van der Waals surface area contributed by atoms with Crippen molar-refractivity contribution in [2.45, 2.75) is 42.1 Å². The number of carboxylic acid groups (broad SMARTS) is 1. The molecule has 7 heteroatoms. The number of methoxy groups -OCH3 is 1. The molecule has 2 fully saturated rings. The maximum Gasteiger partial charge on any atom is 0.306 e. The molecule has 126 valence electrons. The summed E-state index contributed by atoms with van der Waals surface area (Å²) in [5, 5.41) is 8.95. The second kappa shape index (κ2) is 5.89. The second-order valence-electron chi connectivity index (χ2n) is 6.50. The fourth-order valence-corrected chi connectivity index (χ4v) is 4.16. The van der Waals surface area contributed by atoms with Crippen molar-refractivity contribution in [1.82, 2.24) is 4.72 Å². The van der Waals surface area contributed by atoms with Gasteiger partial charge in [0, 0.05) is 13.7 Å². The lowest BCUT2D eigenvalue weighted by Crippen LogP contribution is -2.55. The van der Waals surface area contributed by atoms with E-state index in [2.05, 4.69) is 4.72 Å². The smallest absolute Gasteiger partial charge is 0.306 e. The topological polar surface area (TPSA) is 92.7 Å². The van der Waals surface area contributed by atoms with E-state index in [0.29, 0.717) is 18.8 Å². The van der Waals surface area contributed by atoms with Crippen LogP contribution in [0.15, 0.2) is 29.2 Å². The number of carboxylic acids is 1. The number of hydrogen-bond acceptors (Lipinski definition) is 4. The van der Waals surface area contributed by atoms with Crippen LogP contribution in [0, 0.1) is 5.92 Å². The van der Waals surface area contributed by atoms with Gasteiger partial charge < -0.3 is 9.84 Å². The summed E-state index contributed by atoms with van der Waals surface area (Å²) < 4.78 is 32.6. The highest BCUT2D eigenvalue weighted by atomic mass is 32.2. The molecule has 0 saturated heterocycles. The first-order valence-corrected chi connectivity index (χ1v) is 9.21. The molecule has 2 aliphatic carbocycles. The maximum absolute atomic E-state index is 12.4. The normalized spacial score (nSPS) is 27.4. The van der Waals surface area contributed by atoms with E-state index in [-0.39, 0.29) is 11.4 Å². The molecule has 2 aliphatic rings. The van der Waals surface area contributed by atoms with Crippen LogP contribution < -0.4 is 4.72 Å². The van der Waals surface area contributed by atoms with Crippen molar-refractivity contribution in [2.75, 3.05) is 13.7 Å². The molecule has 1 aromatic carbocycles. The van der Waals surface area contributed by atoms with Crippen LogP contribution in [-0.4, -0.2) is 38.7 Å². The van der Waals surface area contributed by atoms with E-state index in [1.807, 2.05) is 12.1 Å². The van der Waals surface area contributed by atoms with Gasteiger partial charge in [0.25, 0.3) is 0 Å². The zero-order valence-electron chi connectivity index (χ0n) is 13.0. The molecule has 2 saturated carbocycles. The van der Waals surface area contributed by atoms with Gasteiger partial charge in [-0.25, -0.2) is 13.1 Å². The van der Waals surface area contributed by atoms with E-state index in [4.69, 9.17) is 9.84 Å². The lowest BCUT2D eigenvalue weighted by molar-refractivity contribution is -0.161. The summed E-state index contributed by atoms with van der Waals surface area (Å²) in [6.45, 7) is 0.0833. The third kappa shape index (κ3) is 3.41. The Labute approximate surface area is 135 Å². The monoisotopic (exact) mass is 339 g/mol. The Morgan fingerprint density at radius 3 is 2.39 bits per heavy atom. The van der Waals surface area contributed by atoms with Crippen LogP contribution in [0.5, 0.6) is 0 Å². The highest BCUT2D eigenvalue weighted by molar-refractivity contribution is 7.89. The van der Waals surface area contributed by atoms with Crippen molar-refractivity contribution in [3.8, 4) is 0 Å². The summed E-state index contributed by atoms with van der Waals surface area (Å²) in [6.07, 6.45) is 2.99. The minimum absolute atomic E-state index is 0.0833. The summed E-state index contributed by atoms with van der Waals surface area (Å²) >= 11 is 0. The van der Waals surface area contributed by atoms with E-state index < -0.39 is 27.5 Å². The van der Waals surface area contributed by atoms with Crippen LogP contribution in [0.2, 0.25) is 0 Å². The summed E-state index contributed by atoms with van der Waals surface area (Å²) in [4.78, 5) is 11.1. The number of aliphatic carboxylic acids is 1. The lowest BCUT2D eigenvalue weighted by Gasteiger charge is -2.44. The van der Waals surface area contributed by atoms with Crippen molar-refractivity contribution < 1.29 is 23.1 Å². The number of rotatable bonds is 7. The van der Waals surface area contributed by atoms with Gasteiger partial charge in [0.15, 0.2) is 0 Å². The van der Waals surface area contributed by atoms with Gasteiger partial charge in [0.05, 0.1) is 16.4 Å². The second-order valence-corrected chi connectivity index (χ2v) is 8.27. The first-order valence-electron chi connectivity index (χ1n) is 7.73. The lowest BCUT2D eigenvalue weighted by atomic mass is 9.71. The van der Waals surface area contributed by atoms with Crippen LogP contribution in [0.1, 0.15) is 37.2 Å². The van der Waals surface area contributed by atoms with Gasteiger partial charge in [0.2, 0.25) is 10.0 Å². The third-order valence-corrected chi connectivity index (χ3v) is 6.26. The Bertz CT molecular complexity index is 688.